The van der Waals surface area contributed by atoms with Gasteiger partial charge in [-0.15, -0.1) is 24.8 Å². The summed E-state index contributed by atoms with van der Waals surface area (Å²) in [6.45, 7) is 1.49. The first-order valence-electron chi connectivity index (χ1n) is 6.42. The van der Waals surface area contributed by atoms with Gasteiger partial charge >= 0.3 is 6.18 Å². The summed E-state index contributed by atoms with van der Waals surface area (Å²) in [6.07, 6.45) is -4.49. The van der Waals surface area contributed by atoms with Crippen LogP contribution in [-0.2, 0) is 0 Å². The van der Waals surface area contributed by atoms with Crippen LogP contribution in [0.5, 0.6) is 11.5 Å². The lowest BCUT2D eigenvalue weighted by molar-refractivity contribution is -0.188. The third-order valence-corrected chi connectivity index (χ3v) is 4.03. The molecule has 2 rings (SSSR count). The molecule has 0 aromatic heterocycles. The van der Waals surface area contributed by atoms with E-state index in [0.717, 1.165) is 0 Å². The number of hydrogen-bond acceptors (Lipinski definition) is 4. The number of piperazine rings is 1. The lowest BCUT2D eigenvalue weighted by Gasteiger charge is -2.36. The largest absolute Gasteiger partial charge is 0.506 e. The number of ether oxygens (including phenoxy) is 1. The lowest BCUT2D eigenvalue weighted by atomic mass is 10.0. The molecular formula is C13H18BrCl2F3N2O2. The SMILES string of the molecule is COc1cc(Br)c(O)c([C@@H](N2CCNCC2)C(F)(F)F)c1.Cl.Cl. The van der Waals surface area contributed by atoms with Crippen molar-refractivity contribution < 1.29 is 23.0 Å². The maximum absolute atomic E-state index is 13.5. The Balaban J connectivity index is 0.00000242. The molecule has 1 atom stereocenters. The molecule has 0 bridgehead atoms. The van der Waals surface area contributed by atoms with Crippen molar-refractivity contribution in [2.24, 2.45) is 0 Å². The van der Waals surface area contributed by atoms with Gasteiger partial charge in [0.25, 0.3) is 0 Å². The predicted molar refractivity (Wildman–Crippen MR) is 90.1 cm³/mol. The van der Waals surface area contributed by atoms with Gasteiger partial charge in [-0.05, 0) is 28.1 Å². The summed E-state index contributed by atoms with van der Waals surface area (Å²) in [5, 5.41) is 13.1. The van der Waals surface area contributed by atoms with Crippen molar-refractivity contribution in [3.05, 3.63) is 22.2 Å². The number of methoxy groups -OCH3 is 1. The van der Waals surface area contributed by atoms with Crippen LogP contribution in [-0.4, -0.2) is 49.5 Å². The molecule has 0 saturated carbocycles. The number of nitrogens with zero attached hydrogens (tertiary/aromatic N) is 1. The van der Waals surface area contributed by atoms with Gasteiger partial charge in [-0.25, -0.2) is 0 Å². The van der Waals surface area contributed by atoms with Crippen LogP contribution in [0, 0.1) is 0 Å². The number of alkyl halides is 3. The Hall–Kier alpha value is -0.410. The van der Waals surface area contributed by atoms with Crippen LogP contribution in [0.4, 0.5) is 13.2 Å². The molecule has 1 aromatic rings. The molecule has 0 aliphatic carbocycles. The lowest BCUT2D eigenvalue weighted by Crippen LogP contribution is -2.49. The van der Waals surface area contributed by atoms with E-state index in [1.54, 1.807) is 0 Å². The zero-order chi connectivity index (χ0) is 15.6. The van der Waals surface area contributed by atoms with Crippen LogP contribution < -0.4 is 10.1 Å². The number of phenols is 1. The van der Waals surface area contributed by atoms with Crippen molar-refractivity contribution in [1.29, 1.82) is 0 Å². The van der Waals surface area contributed by atoms with Gasteiger partial charge in [0.1, 0.15) is 17.5 Å². The summed E-state index contributed by atoms with van der Waals surface area (Å²) in [5.74, 6) is -0.143. The van der Waals surface area contributed by atoms with Crippen LogP contribution in [0.15, 0.2) is 16.6 Å². The van der Waals surface area contributed by atoms with Gasteiger partial charge in [0.2, 0.25) is 0 Å². The van der Waals surface area contributed by atoms with Crippen LogP contribution in [0.2, 0.25) is 0 Å². The highest BCUT2D eigenvalue weighted by molar-refractivity contribution is 9.10. The summed E-state index contributed by atoms with van der Waals surface area (Å²) in [6, 6.07) is 0.815. The summed E-state index contributed by atoms with van der Waals surface area (Å²) in [5.41, 5.74) is -0.198. The number of phenolic OH excluding ortho intramolecular Hbond substituents is 1. The zero-order valence-corrected chi connectivity index (χ0v) is 15.4. The molecular weight excluding hydrogens is 424 g/mol. The van der Waals surface area contributed by atoms with E-state index >= 15 is 0 Å². The predicted octanol–water partition coefficient (Wildman–Crippen LogP) is 3.52. The quantitative estimate of drug-likeness (QED) is 0.753. The van der Waals surface area contributed by atoms with Gasteiger partial charge in [0, 0.05) is 31.7 Å². The van der Waals surface area contributed by atoms with Crippen molar-refractivity contribution >= 4 is 40.7 Å². The Labute approximate surface area is 153 Å². The molecule has 10 heteroatoms. The topological polar surface area (TPSA) is 44.7 Å². The highest BCUT2D eigenvalue weighted by Gasteiger charge is 2.46. The molecule has 4 nitrogen and oxygen atoms in total. The van der Waals surface area contributed by atoms with Crippen molar-refractivity contribution in [3.8, 4) is 11.5 Å². The Kier molecular flexibility index (Phi) is 9.01. The molecule has 0 spiro atoms. The van der Waals surface area contributed by atoms with E-state index in [2.05, 4.69) is 21.2 Å². The van der Waals surface area contributed by atoms with Crippen LogP contribution in [0.25, 0.3) is 0 Å². The zero-order valence-electron chi connectivity index (χ0n) is 12.2. The smallest absolute Gasteiger partial charge is 0.408 e. The Morgan fingerprint density at radius 2 is 1.83 bits per heavy atom. The molecule has 1 saturated heterocycles. The van der Waals surface area contributed by atoms with E-state index in [1.165, 1.54) is 24.1 Å². The standard InChI is InChI=1S/C13H16BrF3N2O2.2ClH/c1-21-8-6-9(11(20)10(14)7-8)12(13(15,16)17)19-4-2-18-3-5-19;;/h6-7,12,18,20H,2-5H2,1H3;2*1H/t12-;;/m1../s1. The summed E-state index contributed by atoms with van der Waals surface area (Å²) in [4.78, 5) is 1.32. The average Bonchev–Trinajstić information content (AvgIpc) is 2.43. The molecule has 1 heterocycles. The maximum Gasteiger partial charge on any atom is 0.408 e. The first kappa shape index (κ1) is 22.6. The number of aromatic hydroxyl groups is 1. The average molecular weight is 442 g/mol. The minimum Gasteiger partial charge on any atom is -0.506 e. The Bertz CT molecular complexity index is 515. The molecule has 1 aromatic carbocycles. The molecule has 0 unspecified atom stereocenters. The number of benzene rings is 1. The first-order valence-corrected chi connectivity index (χ1v) is 7.21. The van der Waals surface area contributed by atoms with E-state index in [4.69, 9.17) is 4.74 Å². The third-order valence-electron chi connectivity index (χ3n) is 3.42. The first-order chi connectivity index (χ1) is 9.84. The molecule has 1 fully saturated rings. The fraction of sp³-hybridized carbons (Fsp3) is 0.538. The second kappa shape index (κ2) is 9.17. The van der Waals surface area contributed by atoms with E-state index in [9.17, 15) is 18.3 Å². The molecule has 134 valence electrons. The number of halogens is 6. The minimum absolute atomic E-state index is 0. The molecule has 0 radical (unpaired) electrons. The molecule has 1 aliphatic heterocycles. The highest BCUT2D eigenvalue weighted by Crippen LogP contribution is 2.45. The van der Waals surface area contributed by atoms with Gasteiger partial charge < -0.3 is 15.2 Å². The normalized spacial score (nSPS) is 16.9. The molecule has 23 heavy (non-hydrogen) atoms. The maximum atomic E-state index is 13.5. The van der Waals surface area contributed by atoms with Gasteiger partial charge in [-0.3, -0.25) is 4.90 Å². The van der Waals surface area contributed by atoms with E-state index in [1.807, 2.05) is 0 Å². The second-order valence-corrected chi connectivity index (χ2v) is 5.63. The Morgan fingerprint density at radius 1 is 1.26 bits per heavy atom. The number of rotatable bonds is 3. The highest BCUT2D eigenvalue weighted by atomic mass is 79.9. The van der Waals surface area contributed by atoms with Crippen molar-refractivity contribution in [2.45, 2.75) is 12.2 Å². The van der Waals surface area contributed by atoms with E-state index in [0.29, 0.717) is 13.1 Å². The molecule has 1 aliphatic rings. The van der Waals surface area contributed by atoms with Crippen LogP contribution in [0.1, 0.15) is 11.6 Å². The summed E-state index contributed by atoms with van der Waals surface area (Å²) in [7, 11) is 1.37. The number of nitrogens with one attached hydrogen (secondary N) is 1. The fourth-order valence-electron chi connectivity index (χ4n) is 2.44. The van der Waals surface area contributed by atoms with Crippen molar-refractivity contribution in [1.82, 2.24) is 10.2 Å². The van der Waals surface area contributed by atoms with Crippen molar-refractivity contribution in [3.63, 3.8) is 0 Å². The minimum atomic E-state index is -4.49. The molecule has 0 amide bonds. The van der Waals surface area contributed by atoms with Crippen LogP contribution >= 0.6 is 40.7 Å². The van der Waals surface area contributed by atoms with Crippen molar-refractivity contribution in [2.75, 3.05) is 33.3 Å². The van der Waals surface area contributed by atoms with Gasteiger partial charge in [0.15, 0.2) is 0 Å². The summed E-state index contributed by atoms with van der Waals surface area (Å²) >= 11 is 3.07. The van der Waals surface area contributed by atoms with Crippen LogP contribution in [0.3, 0.4) is 0 Å². The Morgan fingerprint density at radius 3 is 2.30 bits per heavy atom. The molecule has 2 N–H and O–H groups in total. The number of hydrogen-bond donors (Lipinski definition) is 2. The summed E-state index contributed by atoms with van der Waals surface area (Å²) < 4.78 is 45.7. The monoisotopic (exact) mass is 440 g/mol. The fourth-order valence-corrected chi connectivity index (χ4v) is 2.90. The third kappa shape index (κ3) is 5.29. The van der Waals surface area contributed by atoms with E-state index in [-0.39, 0.29) is 53.7 Å². The second-order valence-electron chi connectivity index (χ2n) is 4.78. The van der Waals surface area contributed by atoms with Gasteiger partial charge in [-0.1, -0.05) is 0 Å². The van der Waals surface area contributed by atoms with Gasteiger partial charge in [0.05, 0.1) is 11.6 Å². The van der Waals surface area contributed by atoms with Gasteiger partial charge in [-0.2, -0.15) is 13.2 Å². The van der Waals surface area contributed by atoms with E-state index < -0.39 is 18.0 Å².